The predicted octanol–water partition coefficient (Wildman–Crippen LogP) is 2.34. The summed E-state index contributed by atoms with van der Waals surface area (Å²) in [5, 5.41) is 3.40. The molecule has 0 saturated carbocycles. The minimum absolute atomic E-state index is 0.350. The molecule has 1 atom stereocenters. The van der Waals surface area contributed by atoms with Gasteiger partial charge in [0.15, 0.2) is 0 Å². The van der Waals surface area contributed by atoms with Crippen LogP contribution in [0.15, 0.2) is 18.2 Å². The Hall–Kier alpha value is -1.75. The molecule has 3 N–H and O–H groups in total. The van der Waals surface area contributed by atoms with E-state index >= 15 is 0 Å². The zero-order chi connectivity index (χ0) is 15.2. The number of ether oxygens (including phenoxy) is 1. The highest BCUT2D eigenvalue weighted by molar-refractivity contribution is 5.96. The van der Waals surface area contributed by atoms with Gasteiger partial charge in [-0.1, -0.05) is 6.42 Å². The van der Waals surface area contributed by atoms with Crippen LogP contribution in [0, 0.1) is 0 Å². The molecule has 1 aromatic carbocycles. The number of nitrogen functional groups attached to an aromatic ring is 1. The van der Waals surface area contributed by atoms with Crippen molar-refractivity contribution in [1.29, 1.82) is 0 Å². The third-order valence-corrected chi connectivity index (χ3v) is 4.01. The van der Waals surface area contributed by atoms with Gasteiger partial charge in [0.05, 0.1) is 12.2 Å². The van der Waals surface area contributed by atoms with Crippen molar-refractivity contribution in [2.24, 2.45) is 0 Å². The molecule has 116 valence electrons. The lowest BCUT2D eigenvalue weighted by molar-refractivity contribution is 0.0527. The maximum atomic E-state index is 11.8. The lowest BCUT2D eigenvalue weighted by atomic mass is 10.0. The number of piperidine rings is 1. The monoisotopic (exact) mass is 291 g/mol. The Morgan fingerprint density at radius 1 is 1.48 bits per heavy atom. The highest BCUT2D eigenvalue weighted by Crippen LogP contribution is 2.20. The van der Waals surface area contributed by atoms with Gasteiger partial charge in [0.25, 0.3) is 0 Å². The minimum Gasteiger partial charge on any atom is -0.462 e. The number of hydrogen-bond donors (Lipinski definition) is 2. The van der Waals surface area contributed by atoms with Crippen molar-refractivity contribution in [2.45, 2.75) is 32.2 Å². The quantitative estimate of drug-likeness (QED) is 0.644. The largest absolute Gasteiger partial charge is 0.462 e. The van der Waals surface area contributed by atoms with E-state index in [1.807, 2.05) is 6.07 Å². The lowest BCUT2D eigenvalue weighted by Gasteiger charge is -2.32. The molecule has 0 amide bonds. The molecular formula is C16H25N3O2. The Bertz CT molecular complexity index is 490. The molecule has 0 aliphatic carbocycles. The number of carbonyl (C=O) groups is 1. The van der Waals surface area contributed by atoms with Crippen LogP contribution in [-0.2, 0) is 4.74 Å². The van der Waals surface area contributed by atoms with Crippen molar-refractivity contribution in [3.63, 3.8) is 0 Å². The average Bonchev–Trinajstić information content (AvgIpc) is 2.48. The fourth-order valence-corrected chi connectivity index (χ4v) is 2.69. The minimum atomic E-state index is -0.367. The SMILES string of the molecule is CCOC(=O)c1cc(NCC2CCCCN2C)ccc1N. The van der Waals surface area contributed by atoms with Crippen LogP contribution in [0.4, 0.5) is 11.4 Å². The first-order valence-electron chi connectivity index (χ1n) is 7.62. The Morgan fingerprint density at radius 2 is 2.29 bits per heavy atom. The fourth-order valence-electron chi connectivity index (χ4n) is 2.69. The molecule has 1 aliphatic rings. The van der Waals surface area contributed by atoms with Crippen molar-refractivity contribution >= 4 is 17.3 Å². The number of benzene rings is 1. The van der Waals surface area contributed by atoms with Crippen LogP contribution in [0.25, 0.3) is 0 Å². The second-order valence-corrected chi connectivity index (χ2v) is 5.53. The van der Waals surface area contributed by atoms with Crippen LogP contribution in [0.2, 0.25) is 0 Å². The summed E-state index contributed by atoms with van der Waals surface area (Å²) in [5.74, 6) is -0.367. The van der Waals surface area contributed by atoms with Crippen molar-refractivity contribution in [3.8, 4) is 0 Å². The number of likely N-dealkylation sites (tertiary alicyclic amines) is 1. The standard InChI is InChI=1S/C16H25N3O2/c1-3-21-16(20)14-10-12(7-8-15(14)17)18-11-13-6-4-5-9-19(13)2/h7-8,10,13,18H,3-6,9,11,17H2,1-2H3. The first-order valence-corrected chi connectivity index (χ1v) is 7.62. The van der Waals surface area contributed by atoms with Crippen LogP contribution >= 0.6 is 0 Å². The van der Waals surface area contributed by atoms with E-state index in [4.69, 9.17) is 10.5 Å². The van der Waals surface area contributed by atoms with Gasteiger partial charge in [0.2, 0.25) is 0 Å². The molecule has 1 aliphatic heterocycles. The van der Waals surface area contributed by atoms with E-state index in [1.165, 1.54) is 19.3 Å². The molecule has 1 heterocycles. The molecule has 5 nitrogen and oxygen atoms in total. The van der Waals surface area contributed by atoms with E-state index in [0.29, 0.717) is 23.9 Å². The normalized spacial score (nSPS) is 19.2. The predicted molar refractivity (Wildman–Crippen MR) is 85.6 cm³/mol. The second-order valence-electron chi connectivity index (χ2n) is 5.53. The number of nitrogens with one attached hydrogen (secondary N) is 1. The Kier molecular flexibility index (Phi) is 5.44. The van der Waals surface area contributed by atoms with E-state index in [9.17, 15) is 4.79 Å². The number of esters is 1. The number of rotatable bonds is 5. The highest BCUT2D eigenvalue weighted by atomic mass is 16.5. The summed E-state index contributed by atoms with van der Waals surface area (Å²) < 4.78 is 5.02. The maximum absolute atomic E-state index is 11.8. The van der Waals surface area contributed by atoms with Crippen molar-refractivity contribution in [2.75, 3.05) is 37.8 Å². The van der Waals surface area contributed by atoms with Crippen molar-refractivity contribution in [1.82, 2.24) is 4.90 Å². The molecular weight excluding hydrogens is 266 g/mol. The molecule has 1 saturated heterocycles. The fraction of sp³-hybridized carbons (Fsp3) is 0.562. The smallest absolute Gasteiger partial charge is 0.340 e. The third-order valence-electron chi connectivity index (χ3n) is 4.01. The molecule has 0 radical (unpaired) electrons. The first-order chi connectivity index (χ1) is 10.1. The van der Waals surface area contributed by atoms with Gasteiger partial charge in [-0.15, -0.1) is 0 Å². The average molecular weight is 291 g/mol. The molecule has 0 spiro atoms. The van der Waals surface area contributed by atoms with Crippen LogP contribution in [0.3, 0.4) is 0 Å². The Morgan fingerprint density at radius 3 is 3.00 bits per heavy atom. The van der Waals surface area contributed by atoms with Gasteiger partial charge in [0, 0.05) is 24.0 Å². The third kappa shape index (κ3) is 4.11. The number of nitrogens with two attached hydrogens (primary N) is 1. The molecule has 0 aromatic heterocycles. The van der Waals surface area contributed by atoms with Gasteiger partial charge in [-0.3, -0.25) is 0 Å². The van der Waals surface area contributed by atoms with Gasteiger partial charge in [-0.2, -0.15) is 0 Å². The lowest BCUT2D eigenvalue weighted by Crippen LogP contribution is -2.40. The van der Waals surface area contributed by atoms with Gasteiger partial charge in [-0.25, -0.2) is 4.79 Å². The number of hydrogen-bond acceptors (Lipinski definition) is 5. The van der Waals surface area contributed by atoms with Crippen LogP contribution in [-0.4, -0.2) is 43.7 Å². The van der Waals surface area contributed by atoms with E-state index in [0.717, 1.165) is 18.8 Å². The summed E-state index contributed by atoms with van der Waals surface area (Å²) in [6.07, 6.45) is 3.78. The molecule has 5 heteroatoms. The summed E-state index contributed by atoms with van der Waals surface area (Å²) in [7, 11) is 2.17. The van der Waals surface area contributed by atoms with E-state index in [2.05, 4.69) is 17.3 Å². The molecule has 1 fully saturated rings. The van der Waals surface area contributed by atoms with Gasteiger partial charge < -0.3 is 20.7 Å². The summed E-state index contributed by atoms with van der Waals surface area (Å²) >= 11 is 0. The molecule has 1 unspecified atom stereocenters. The topological polar surface area (TPSA) is 67.6 Å². The van der Waals surface area contributed by atoms with Gasteiger partial charge in [-0.05, 0) is 51.6 Å². The number of carbonyl (C=O) groups excluding carboxylic acids is 1. The highest BCUT2D eigenvalue weighted by Gasteiger charge is 2.18. The zero-order valence-electron chi connectivity index (χ0n) is 12.9. The number of nitrogens with zero attached hydrogens (tertiary/aromatic N) is 1. The summed E-state index contributed by atoms with van der Waals surface area (Å²) in [6, 6.07) is 5.97. The van der Waals surface area contributed by atoms with Crippen molar-refractivity contribution in [3.05, 3.63) is 23.8 Å². The second kappa shape index (κ2) is 7.31. The first kappa shape index (κ1) is 15.6. The molecule has 21 heavy (non-hydrogen) atoms. The summed E-state index contributed by atoms with van der Waals surface area (Å²) in [5.41, 5.74) is 7.64. The molecule has 2 rings (SSSR count). The van der Waals surface area contributed by atoms with E-state index < -0.39 is 0 Å². The van der Waals surface area contributed by atoms with Crippen LogP contribution in [0.1, 0.15) is 36.5 Å². The summed E-state index contributed by atoms with van der Waals surface area (Å²) in [6.45, 7) is 4.17. The van der Waals surface area contributed by atoms with Crippen molar-refractivity contribution < 1.29 is 9.53 Å². The number of anilines is 2. The van der Waals surface area contributed by atoms with Gasteiger partial charge in [0.1, 0.15) is 0 Å². The van der Waals surface area contributed by atoms with Crippen LogP contribution < -0.4 is 11.1 Å². The zero-order valence-corrected chi connectivity index (χ0v) is 12.9. The number of likely N-dealkylation sites (N-methyl/N-ethyl adjacent to an activating group) is 1. The van der Waals surface area contributed by atoms with Crippen LogP contribution in [0.5, 0.6) is 0 Å². The maximum Gasteiger partial charge on any atom is 0.340 e. The summed E-state index contributed by atoms with van der Waals surface area (Å²) in [4.78, 5) is 14.2. The Balaban J connectivity index is 2.00. The van der Waals surface area contributed by atoms with E-state index in [1.54, 1.807) is 19.1 Å². The molecule has 0 bridgehead atoms. The Labute approximate surface area is 126 Å². The van der Waals surface area contributed by atoms with Gasteiger partial charge >= 0.3 is 5.97 Å². The van der Waals surface area contributed by atoms with E-state index in [-0.39, 0.29) is 5.97 Å². The molecule has 1 aromatic rings.